The van der Waals surface area contributed by atoms with Gasteiger partial charge in [0.25, 0.3) is 16.8 Å². The van der Waals surface area contributed by atoms with Crippen molar-refractivity contribution in [2.75, 3.05) is 0 Å². The first-order valence-corrected chi connectivity index (χ1v) is 16.6. The third kappa shape index (κ3) is 7.40. The lowest BCUT2D eigenvalue weighted by atomic mass is 9.38. The summed E-state index contributed by atoms with van der Waals surface area (Å²) in [5.74, 6) is -87.0. The first-order chi connectivity index (χ1) is 32.5. The summed E-state index contributed by atoms with van der Waals surface area (Å²) in [5.41, 5.74) is -42.0. The van der Waals surface area contributed by atoms with E-state index in [2.05, 4.69) is 0 Å². The Balaban J connectivity index is 2.82. The number of hydrogen-bond acceptors (Lipinski definition) is 12. The molecule has 0 aromatic heterocycles. The molecule has 4 fully saturated rings. The maximum Gasteiger partial charge on any atom is 0.453 e. The predicted molar refractivity (Wildman–Crippen MR) is 132 cm³/mol. The lowest BCUT2D eigenvalue weighted by Gasteiger charge is -2.77. The van der Waals surface area contributed by atoms with Crippen molar-refractivity contribution in [1.82, 2.24) is 0 Å². The highest BCUT2D eigenvalue weighted by Crippen LogP contribution is 2.90. The van der Waals surface area contributed by atoms with E-state index in [4.69, 9.17) is 30.6 Å². The van der Waals surface area contributed by atoms with Crippen molar-refractivity contribution in [1.29, 1.82) is 0 Å². The molecule has 4 rings (SSSR count). The SMILES string of the molecule is OC(F)(F)C(O)(F)C(F)(F)OC(F)(F)C(F)(F)OC12C(F)(F)C3(F)C(F)(F)C(OC(F)(F)C(F)(F)OC(F)(F)C(O)(F)C(O)(F)F)(C1(F)F)C(F)(F)C(OC(F)(F)C(F)(F)OC(F)(F)C(O)(F)C(O)(F)F)(C3(F)F)C2(F)F. The number of rotatable bonds is 21. The fourth-order valence-corrected chi connectivity index (χ4v) is 6.56. The second-order valence-electron chi connectivity index (χ2n) is 14.9. The topological polar surface area (TPSA) is 177 Å². The van der Waals surface area contributed by atoms with Crippen LogP contribution in [0.1, 0.15) is 0 Å². The molecule has 458 valence electrons. The minimum atomic E-state index is -10.6. The van der Waals surface area contributed by atoms with Gasteiger partial charge in [-0.1, -0.05) is 0 Å². The molecule has 12 nitrogen and oxygen atoms in total. The number of hydrogen-bond donors (Lipinski definition) is 6. The molecule has 4 saturated carbocycles. The van der Waals surface area contributed by atoms with E-state index in [1.165, 1.54) is 0 Å². The average Bonchev–Trinajstić information content (AvgIpc) is 3.12. The minimum Gasteiger partial charge on any atom is -0.348 e. The average molecular weight is 1260 g/mol. The van der Waals surface area contributed by atoms with Crippen LogP contribution in [-0.2, 0) is 28.4 Å². The number of aliphatic hydroxyl groups is 6. The second-order valence-corrected chi connectivity index (χ2v) is 14.9. The molecule has 0 heterocycles. The fourth-order valence-electron chi connectivity index (χ4n) is 6.56. The van der Waals surface area contributed by atoms with E-state index < -0.39 is 149 Å². The standard InChI is InChI=1S/C25H6F40O12/c26-1-5(27,28)2(72-20(54,55)23(60,61)75-17(48,49)11(39,66)14(42,43)69)8(33,34)3(6(1,29)30,73-21(56,57)24(62,63)76-18(50,51)12(40,67)15(44,45)70)10(37,38)4(7(1,31)32,9(2,35)36)74-22(58,59)25(64,65)77-19(52,53)13(41,68)16(46,47)71/h66-71H. The fraction of sp³-hybridized carbons (Fsp3) is 1.00. The maximum atomic E-state index is 16.5. The molecule has 77 heavy (non-hydrogen) atoms. The van der Waals surface area contributed by atoms with Crippen LogP contribution in [0.25, 0.3) is 0 Å². The number of alkyl halides is 40. The van der Waals surface area contributed by atoms with Gasteiger partial charge in [0.05, 0.1) is 0 Å². The summed E-state index contributed by atoms with van der Waals surface area (Å²) in [4.78, 5) is 0. The van der Waals surface area contributed by atoms with Gasteiger partial charge in [-0.05, 0) is 0 Å². The van der Waals surface area contributed by atoms with Gasteiger partial charge < -0.3 is 30.6 Å². The molecule has 52 heteroatoms. The third-order valence-corrected chi connectivity index (χ3v) is 10.3. The van der Waals surface area contributed by atoms with E-state index in [0.29, 0.717) is 0 Å². The molecule has 3 unspecified atom stereocenters. The Kier molecular flexibility index (Phi) is 14.2. The van der Waals surface area contributed by atoms with Crippen molar-refractivity contribution < 1.29 is 235 Å². The van der Waals surface area contributed by atoms with Gasteiger partial charge in [0.1, 0.15) is 0 Å². The quantitative estimate of drug-likeness (QED) is 0.0614. The van der Waals surface area contributed by atoms with E-state index in [1.807, 2.05) is 0 Å². The second kappa shape index (κ2) is 16.0. The first kappa shape index (κ1) is 68.0. The van der Waals surface area contributed by atoms with Crippen LogP contribution in [0.3, 0.4) is 0 Å². The van der Waals surface area contributed by atoms with E-state index in [0.717, 1.165) is 28.4 Å². The van der Waals surface area contributed by atoms with Crippen molar-refractivity contribution in [2.24, 2.45) is 0 Å². The van der Waals surface area contributed by atoms with Gasteiger partial charge in [0, 0.05) is 0 Å². The molecule has 0 aromatic rings. The van der Waals surface area contributed by atoms with E-state index in [-0.39, 0.29) is 0 Å². The van der Waals surface area contributed by atoms with Gasteiger partial charge in [0.15, 0.2) is 0 Å². The summed E-state index contributed by atoms with van der Waals surface area (Å²) < 4.78 is 595. The summed E-state index contributed by atoms with van der Waals surface area (Å²) in [5, 5.41) is 48.5. The third-order valence-electron chi connectivity index (χ3n) is 10.3. The Hall–Kier alpha value is -3.28. The highest BCUT2D eigenvalue weighted by molar-refractivity contribution is 5.55. The summed E-state index contributed by atoms with van der Waals surface area (Å²) in [6.07, 6.45) is -106. The van der Waals surface area contributed by atoms with Crippen LogP contribution in [0.5, 0.6) is 0 Å². The van der Waals surface area contributed by atoms with Crippen LogP contribution in [0, 0.1) is 0 Å². The normalized spacial score (nSPS) is 31.4. The summed E-state index contributed by atoms with van der Waals surface area (Å²) >= 11 is 0. The predicted octanol–water partition coefficient (Wildman–Crippen LogP) is 7.93. The minimum absolute atomic E-state index is 0.944. The monoisotopic (exact) mass is 1260 g/mol. The smallest absolute Gasteiger partial charge is 0.348 e. The van der Waals surface area contributed by atoms with Gasteiger partial charge >= 0.3 is 132 Å². The van der Waals surface area contributed by atoms with Gasteiger partial charge in [-0.3, -0.25) is 14.2 Å². The van der Waals surface area contributed by atoms with Crippen molar-refractivity contribution >= 4 is 0 Å². The zero-order valence-electron chi connectivity index (χ0n) is 32.8. The summed E-state index contributed by atoms with van der Waals surface area (Å²) in [6, 6.07) is 0. The lowest BCUT2D eigenvalue weighted by molar-refractivity contribution is -0.682. The Morgan fingerprint density at radius 1 is 0.208 bits per heavy atom. The molecule has 0 saturated heterocycles. The molecule has 0 aliphatic heterocycles. The highest BCUT2D eigenvalue weighted by Gasteiger charge is 3.24. The van der Waals surface area contributed by atoms with Crippen LogP contribution < -0.4 is 0 Å². The van der Waals surface area contributed by atoms with Crippen LogP contribution >= 0.6 is 0 Å². The van der Waals surface area contributed by atoms with Crippen molar-refractivity contribution in [3.8, 4) is 0 Å². The van der Waals surface area contributed by atoms with Crippen LogP contribution in [0.4, 0.5) is 176 Å². The molecule has 4 bridgehead atoms. The molecule has 0 radical (unpaired) electrons. The molecular weight excluding hydrogens is 1250 g/mol. The van der Waals surface area contributed by atoms with E-state index in [9.17, 15) is 92.2 Å². The zero-order valence-corrected chi connectivity index (χ0v) is 32.8. The molecule has 0 amide bonds. The van der Waals surface area contributed by atoms with Gasteiger partial charge in [-0.2, -0.15) is 171 Å². The zero-order chi connectivity index (χ0) is 62.7. The van der Waals surface area contributed by atoms with Crippen LogP contribution in [0.15, 0.2) is 0 Å². The summed E-state index contributed by atoms with van der Waals surface area (Å²) in [7, 11) is 0. The molecule has 4 aliphatic rings. The van der Waals surface area contributed by atoms with E-state index in [1.54, 1.807) is 0 Å². The molecule has 4 aliphatic carbocycles. The van der Waals surface area contributed by atoms with Crippen molar-refractivity contribution in [3.63, 3.8) is 0 Å². The van der Waals surface area contributed by atoms with Crippen LogP contribution in [0.2, 0.25) is 0 Å². The number of ether oxygens (including phenoxy) is 6. The lowest BCUT2D eigenvalue weighted by Crippen LogP contribution is -3.12. The van der Waals surface area contributed by atoms with Crippen molar-refractivity contribution in [2.45, 2.75) is 149 Å². The van der Waals surface area contributed by atoms with Gasteiger partial charge in [-0.15, -0.1) is 0 Å². The Morgan fingerprint density at radius 2 is 0.351 bits per heavy atom. The largest absolute Gasteiger partial charge is 0.453 e. The molecule has 6 N–H and O–H groups in total. The Morgan fingerprint density at radius 3 is 0.481 bits per heavy atom. The molecular formula is C25H6F40O12. The molecule has 0 spiro atoms. The molecule has 0 aromatic carbocycles. The Bertz CT molecular complexity index is 2010. The highest BCUT2D eigenvalue weighted by atomic mass is 19.4. The Labute approximate surface area is 385 Å². The number of halogens is 40. The van der Waals surface area contributed by atoms with Gasteiger partial charge in [0.2, 0.25) is 0 Å². The van der Waals surface area contributed by atoms with Crippen LogP contribution in [-0.4, -0.2) is 180 Å². The maximum absolute atomic E-state index is 16.5. The summed E-state index contributed by atoms with van der Waals surface area (Å²) in [6.45, 7) is 0. The first-order valence-electron chi connectivity index (χ1n) is 16.6. The van der Waals surface area contributed by atoms with Gasteiger partial charge in [-0.25, -0.2) is 18.6 Å². The van der Waals surface area contributed by atoms with E-state index >= 15 is 83.4 Å². The van der Waals surface area contributed by atoms with Crippen molar-refractivity contribution in [3.05, 3.63) is 0 Å². The molecule has 3 atom stereocenters.